The number of allylic oxidation sites excluding steroid dienone is 2. The standard InChI is InChI=1S/C11H18N2/c1-4-9(2)7-11(12-3)13-8-10-5-6-10/h4,7,10H,1,5-6,8H2,2-3H3,(H,12,13)/b9-7-. The Morgan fingerprint density at radius 1 is 1.62 bits per heavy atom. The third-order valence-electron chi connectivity index (χ3n) is 2.20. The average Bonchev–Trinajstić information content (AvgIpc) is 2.95. The molecule has 0 saturated heterocycles. The van der Waals surface area contributed by atoms with E-state index in [9.17, 15) is 0 Å². The summed E-state index contributed by atoms with van der Waals surface area (Å²) in [6.45, 7) is 6.79. The van der Waals surface area contributed by atoms with E-state index in [1.165, 1.54) is 12.8 Å². The minimum atomic E-state index is 0.884. The van der Waals surface area contributed by atoms with Crippen molar-refractivity contribution in [2.75, 3.05) is 13.6 Å². The summed E-state index contributed by atoms with van der Waals surface area (Å²) < 4.78 is 0. The smallest absolute Gasteiger partial charge is 0.120 e. The van der Waals surface area contributed by atoms with Crippen LogP contribution < -0.4 is 5.32 Å². The van der Waals surface area contributed by atoms with Crippen molar-refractivity contribution in [3.63, 3.8) is 0 Å². The minimum Gasteiger partial charge on any atom is -0.370 e. The summed E-state index contributed by atoms with van der Waals surface area (Å²) in [7, 11) is 1.81. The van der Waals surface area contributed by atoms with Crippen LogP contribution in [0.1, 0.15) is 19.8 Å². The highest BCUT2D eigenvalue weighted by Gasteiger charge is 2.20. The van der Waals surface area contributed by atoms with Crippen molar-refractivity contribution in [1.29, 1.82) is 0 Å². The fourth-order valence-corrected chi connectivity index (χ4v) is 1.04. The maximum absolute atomic E-state index is 4.16. The molecule has 72 valence electrons. The van der Waals surface area contributed by atoms with Crippen molar-refractivity contribution >= 4 is 5.84 Å². The van der Waals surface area contributed by atoms with E-state index in [4.69, 9.17) is 0 Å². The molecule has 2 heteroatoms. The number of nitrogens with one attached hydrogen (secondary N) is 1. The lowest BCUT2D eigenvalue weighted by Gasteiger charge is -2.04. The zero-order valence-electron chi connectivity index (χ0n) is 8.51. The predicted molar refractivity (Wildman–Crippen MR) is 58.0 cm³/mol. The van der Waals surface area contributed by atoms with E-state index in [2.05, 4.69) is 16.9 Å². The van der Waals surface area contributed by atoms with Crippen molar-refractivity contribution < 1.29 is 0 Å². The first-order valence-electron chi connectivity index (χ1n) is 4.77. The van der Waals surface area contributed by atoms with Gasteiger partial charge in [-0.25, -0.2) is 0 Å². The highest BCUT2D eigenvalue weighted by atomic mass is 15.0. The van der Waals surface area contributed by atoms with Gasteiger partial charge in [-0.3, -0.25) is 4.99 Å². The van der Waals surface area contributed by atoms with Gasteiger partial charge in [-0.05, 0) is 37.3 Å². The fourth-order valence-electron chi connectivity index (χ4n) is 1.04. The Kier molecular flexibility index (Phi) is 3.74. The molecule has 0 aliphatic heterocycles. The van der Waals surface area contributed by atoms with E-state index < -0.39 is 0 Å². The van der Waals surface area contributed by atoms with Crippen LogP contribution in [0.25, 0.3) is 0 Å². The van der Waals surface area contributed by atoms with Gasteiger partial charge in [0.2, 0.25) is 0 Å². The summed E-state index contributed by atoms with van der Waals surface area (Å²) in [6.07, 6.45) is 6.60. The van der Waals surface area contributed by atoms with Gasteiger partial charge in [0.1, 0.15) is 5.84 Å². The van der Waals surface area contributed by atoms with E-state index in [0.29, 0.717) is 0 Å². The van der Waals surface area contributed by atoms with Crippen LogP contribution in [0.3, 0.4) is 0 Å². The van der Waals surface area contributed by atoms with E-state index in [-0.39, 0.29) is 0 Å². The first-order valence-corrected chi connectivity index (χ1v) is 4.77. The third-order valence-corrected chi connectivity index (χ3v) is 2.20. The quantitative estimate of drug-likeness (QED) is 0.398. The molecule has 0 bridgehead atoms. The zero-order valence-corrected chi connectivity index (χ0v) is 8.51. The van der Waals surface area contributed by atoms with Gasteiger partial charge in [-0.15, -0.1) is 0 Å². The van der Waals surface area contributed by atoms with E-state index >= 15 is 0 Å². The number of nitrogens with zero attached hydrogens (tertiary/aromatic N) is 1. The monoisotopic (exact) mass is 178 g/mol. The van der Waals surface area contributed by atoms with Gasteiger partial charge >= 0.3 is 0 Å². The Labute approximate surface area is 80.4 Å². The summed E-state index contributed by atoms with van der Waals surface area (Å²) >= 11 is 0. The molecule has 0 spiro atoms. The van der Waals surface area contributed by atoms with Crippen LogP contribution in [0.4, 0.5) is 0 Å². The Balaban J connectivity index is 2.37. The molecule has 0 amide bonds. The first kappa shape index (κ1) is 10.0. The number of aliphatic imine (C=N–C) groups is 1. The lowest BCUT2D eigenvalue weighted by molar-refractivity contribution is 0.773. The van der Waals surface area contributed by atoms with Gasteiger partial charge in [0.05, 0.1) is 0 Å². The molecule has 0 unspecified atom stereocenters. The van der Waals surface area contributed by atoms with E-state index in [1.807, 2.05) is 26.1 Å². The van der Waals surface area contributed by atoms with Crippen LogP contribution in [0.2, 0.25) is 0 Å². The lowest BCUT2D eigenvalue weighted by atomic mass is 10.2. The molecule has 1 fully saturated rings. The molecule has 0 atom stereocenters. The van der Waals surface area contributed by atoms with Crippen LogP contribution in [0.5, 0.6) is 0 Å². The number of amidine groups is 1. The molecule has 1 aliphatic carbocycles. The Morgan fingerprint density at radius 3 is 2.77 bits per heavy atom. The Morgan fingerprint density at radius 2 is 2.31 bits per heavy atom. The predicted octanol–water partition coefficient (Wildman–Crippen LogP) is 2.15. The number of hydrogen-bond donors (Lipinski definition) is 1. The first-order chi connectivity index (χ1) is 6.26. The van der Waals surface area contributed by atoms with Crippen LogP contribution in [0.15, 0.2) is 29.3 Å². The second kappa shape index (κ2) is 4.85. The van der Waals surface area contributed by atoms with Crippen LogP contribution in [-0.2, 0) is 0 Å². The van der Waals surface area contributed by atoms with Gasteiger partial charge in [0.25, 0.3) is 0 Å². The maximum atomic E-state index is 4.16. The van der Waals surface area contributed by atoms with Crippen LogP contribution in [0, 0.1) is 5.92 Å². The summed E-state index contributed by atoms with van der Waals surface area (Å²) in [5.41, 5.74) is 1.14. The highest BCUT2D eigenvalue weighted by Crippen LogP contribution is 2.27. The molecule has 1 aliphatic rings. The molecule has 0 radical (unpaired) electrons. The van der Waals surface area contributed by atoms with E-state index in [1.54, 1.807) is 0 Å². The largest absolute Gasteiger partial charge is 0.370 e. The van der Waals surface area contributed by atoms with Crippen molar-refractivity contribution in [1.82, 2.24) is 5.32 Å². The van der Waals surface area contributed by atoms with E-state index in [0.717, 1.165) is 23.9 Å². The van der Waals surface area contributed by atoms with Gasteiger partial charge in [0.15, 0.2) is 0 Å². The molecule has 13 heavy (non-hydrogen) atoms. The van der Waals surface area contributed by atoms with Gasteiger partial charge in [0, 0.05) is 13.6 Å². The van der Waals surface area contributed by atoms with Crippen molar-refractivity contribution in [3.05, 3.63) is 24.3 Å². The third kappa shape index (κ3) is 3.92. The Hall–Kier alpha value is -1.05. The molecule has 0 aromatic carbocycles. The number of hydrogen-bond acceptors (Lipinski definition) is 1. The van der Waals surface area contributed by atoms with Crippen LogP contribution in [-0.4, -0.2) is 19.4 Å². The Bertz CT molecular complexity index is 234. The van der Waals surface area contributed by atoms with Crippen molar-refractivity contribution in [3.8, 4) is 0 Å². The molecule has 1 saturated carbocycles. The highest BCUT2D eigenvalue weighted by molar-refractivity contribution is 5.93. The summed E-state index contributed by atoms with van der Waals surface area (Å²) in [5, 5.41) is 3.32. The molecule has 0 aromatic rings. The topological polar surface area (TPSA) is 24.4 Å². The molecular formula is C11H18N2. The van der Waals surface area contributed by atoms with Crippen molar-refractivity contribution in [2.45, 2.75) is 19.8 Å². The summed E-state index contributed by atoms with van der Waals surface area (Å²) in [5.74, 6) is 1.85. The molecule has 1 rings (SSSR count). The van der Waals surface area contributed by atoms with Gasteiger partial charge in [-0.1, -0.05) is 12.7 Å². The maximum Gasteiger partial charge on any atom is 0.120 e. The normalized spacial score (nSPS) is 18.6. The molecule has 0 heterocycles. The summed E-state index contributed by atoms with van der Waals surface area (Å²) in [6, 6.07) is 0. The molecule has 0 aromatic heterocycles. The zero-order chi connectivity index (χ0) is 9.68. The lowest BCUT2D eigenvalue weighted by Crippen LogP contribution is -2.24. The second-order valence-electron chi connectivity index (χ2n) is 3.53. The average molecular weight is 178 g/mol. The summed E-state index contributed by atoms with van der Waals surface area (Å²) in [4.78, 5) is 4.16. The van der Waals surface area contributed by atoms with Gasteiger partial charge in [-0.2, -0.15) is 0 Å². The molecular weight excluding hydrogens is 160 g/mol. The van der Waals surface area contributed by atoms with Crippen LogP contribution >= 0.6 is 0 Å². The minimum absolute atomic E-state index is 0.884. The fraction of sp³-hybridized carbons (Fsp3) is 0.545. The SMILES string of the molecule is C=C/C(C)=C\C(=NC)NCC1CC1. The molecule has 2 nitrogen and oxygen atoms in total. The molecule has 1 N–H and O–H groups in total. The van der Waals surface area contributed by atoms with Gasteiger partial charge < -0.3 is 5.32 Å². The number of rotatable bonds is 4. The van der Waals surface area contributed by atoms with Crippen molar-refractivity contribution in [2.24, 2.45) is 10.9 Å². The second-order valence-corrected chi connectivity index (χ2v) is 3.53.